The van der Waals surface area contributed by atoms with Crippen molar-refractivity contribution in [2.75, 3.05) is 12.4 Å². The molecule has 0 bridgehead atoms. The molecule has 8 nitrogen and oxygen atoms in total. The number of carbonyl (C=O) groups is 2. The average Bonchev–Trinajstić information content (AvgIpc) is 3.41. The van der Waals surface area contributed by atoms with Crippen molar-refractivity contribution in [3.05, 3.63) is 77.4 Å². The van der Waals surface area contributed by atoms with Gasteiger partial charge in [0.2, 0.25) is 11.8 Å². The number of piperazine rings is 1. The van der Waals surface area contributed by atoms with E-state index in [1.165, 1.54) is 4.90 Å². The van der Waals surface area contributed by atoms with Gasteiger partial charge in [-0.1, -0.05) is 94.3 Å². The molecule has 3 saturated carbocycles. The number of carbonyl (C=O) groups excluding carboxylic acids is 2. The first-order valence-corrected chi connectivity index (χ1v) is 29.9. The molecule has 4 fully saturated rings. The van der Waals surface area contributed by atoms with Gasteiger partial charge in [-0.3, -0.25) is 9.59 Å². The van der Waals surface area contributed by atoms with Gasteiger partial charge in [-0.05, 0) is 137 Å². The molecule has 2 amide bonds. The van der Waals surface area contributed by atoms with Crippen molar-refractivity contribution in [3.8, 4) is 0 Å². The number of fused-ring (bicyclic) bond motifs is 5. The van der Waals surface area contributed by atoms with E-state index in [0.29, 0.717) is 24.2 Å². The topological polar surface area (TPSA) is 93.2 Å². The Labute approximate surface area is 351 Å². The lowest BCUT2D eigenvalue weighted by Crippen LogP contribution is -2.73. The Balaban J connectivity index is 1.26. The highest BCUT2D eigenvalue weighted by Gasteiger charge is 2.70. The van der Waals surface area contributed by atoms with E-state index in [1.54, 1.807) is 34.7 Å². The van der Waals surface area contributed by atoms with Gasteiger partial charge in [0.05, 0.1) is 10.5 Å². The Morgan fingerprint density at radius 3 is 2.16 bits per heavy atom. The van der Waals surface area contributed by atoms with Crippen LogP contribution in [0.25, 0.3) is 0 Å². The van der Waals surface area contributed by atoms with Crippen LogP contribution in [-0.2, 0) is 34.8 Å². The zero-order valence-corrected chi connectivity index (χ0v) is 40.0. The number of rotatable bonds is 10. The van der Waals surface area contributed by atoms with Crippen LogP contribution in [0.15, 0.2) is 71.1 Å². The zero-order valence-electron chi connectivity index (χ0n) is 37.2. The minimum Gasteiger partial charge on any atom is -0.414 e. The maximum atomic E-state index is 15.4. The van der Waals surface area contributed by atoms with Gasteiger partial charge in [0.15, 0.2) is 26.5 Å². The van der Waals surface area contributed by atoms with Crippen molar-refractivity contribution < 1.29 is 26.9 Å². The molecule has 1 aliphatic heterocycles. The molecule has 0 spiro atoms. The second-order valence-corrected chi connectivity index (χ2v) is 32.7. The van der Waals surface area contributed by atoms with E-state index in [9.17, 15) is 13.2 Å². The summed E-state index contributed by atoms with van der Waals surface area (Å²) in [6.07, 6.45) is 10.6. The number of allylic oxidation sites excluding steroid dienone is 1. The molecule has 2 aromatic carbocycles. The number of hydrogen-bond donors (Lipinski definition) is 0. The van der Waals surface area contributed by atoms with Crippen LogP contribution in [0.1, 0.15) is 97.1 Å². The summed E-state index contributed by atoms with van der Waals surface area (Å²) in [5, 5.41) is 0.175. The smallest absolute Gasteiger partial charge is 0.249 e. The standard InChI is InChI=1S/C47H70N2O6SSi2/c1-33-17-20-37(21-18-33)56(52,53)32-48-31-41(50)49(30-34-15-13-12-14-16-34)42(43(48)51)47(55-57(7,8)9)28-25-40-38-22-19-35-29-36(54-58(10,11)44(2,3)4)23-26-45(35,5)39(38)24-27-46(40,47)6/h12-21,36,38-40,42H,22-32H2,1-11H3/t36-,38+,39-,40-,42+,45-,46-,47-/m0/s1. The van der Waals surface area contributed by atoms with Crippen LogP contribution in [0.3, 0.4) is 0 Å². The summed E-state index contributed by atoms with van der Waals surface area (Å²) in [7, 11) is -8.19. The Bertz CT molecular complexity index is 2020. The van der Waals surface area contributed by atoms with Crippen molar-refractivity contribution in [1.82, 2.24) is 9.80 Å². The summed E-state index contributed by atoms with van der Waals surface area (Å²) in [5.41, 5.74) is 2.20. The third-order valence-corrected chi connectivity index (χ3v) is 23.0. The molecule has 0 radical (unpaired) electrons. The summed E-state index contributed by atoms with van der Waals surface area (Å²) in [6.45, 7) is 25.1. The second kappa shape index (κ2) is 15.1. The number of nitrogens with zero attached hydrogens (tertiary/aromatic N) is 2. The predicted octanol–water partition coefficient (Wildman–Crippen LogP) is 9.91. The fraction of sp³-hybridized carbons (Fsp3) is 0.660. The van der Waals surface area contributed by atoms with E-state index in [2.05, 4.69) is 73.4 Å². The highest BCUT2D eigenvalue weighted by atomic mass is 32.2. The fourth-order valence-electron chi connectivity index (χ4n) is 11.9. The molecule has 11 heteroatoms. The Morgan fingerprint density at radius 2 is 1.52 bits per heavy atom. The number of benzene rings is 2. The predicted molar refractivity (Wildman–Crippen MR) is 237 cm³/mol. The first-order chi connectivity index (χ1) is 26.9. The highest BCUT2D eigenvalue weighted by molar-refractivity contribution is 7.91. The van der Waals surface area contributed by atoms with E-state index < -0.39 is 49.4 Å². The van der Waals surface area contributed by atoms with Gasteiger partial charge in [0.25, 0.3) is 0 Å². The lowest BCUT2D eigenvalue weighted by atomic mass is 9.46. The van der Waals surface area contributed by atoms with Crippen molar-refractivity contribution in [2.45, 2.75) is 160 Å². The number of amides is 2. The van der Waals surface area contributed by atoms with Crippen LogP contribution in [0.2, 0.25) is 37.8 Å². The quantitative estimate of drug-likeness (QED) is 0.175. The maximum absolute atomic E-state index is 15.4. The van der Waals surface area contributed by atoms with Crippen molar-refractivity contribution in [2.24, 2.45) is 28.6 Å². The van der Waals surface area contributed by atoms with Crippen LogP contribution in [0.5, 0.6) is 0 Å². The van der Waals surface area contributed by atoms with Crippen molar-refractivity contribution >= 4 is 38.3 Å². The molecule has 0 N–H and O–H groups in total. The van der Waals surface area contributed by atoms with Crippen LogP contribution < -0.4 is 0 Å². The molecule has 8 atom stereocenters. The summed E-state index contributed by atoms with van der Waals surface area (Å²) in [6, 6.07) is 15.6. The number of hydrogen-bond acceptors (Lipinski definition) is 6. The van der Waals surface area contributed by atoms with Gasteiger partial charge >= 0.3 is 0 Å². The van der Waals surface area contributed by atoms with Crippen LogP contribution in [0, 0.1) is 35.5 Å². The van der Waals surface area contributed by atoms with Gasteiger partial charge in [-0.15, -0.1) is 0 Å². The minimum absolute atomic E-state index is 0.111. The molecule has 7 rings (SSSR count). The molecule has 318 valence electrons. The minimum atomic E-state index is -3.92. The molecule has 4 aliphatic carbocycles. The van der Waals surface area contributed by atoms with Gasteiger partial charge in [-0.2, -0.15) is 0 Å². The molecular formula is C47H70N2O6SSi2. The third-order valence-electron chi connectivity index (χ3n) is 15.8. The molecule has 5 aliphatic rings. The first-order valence-electron chi connectivity index (χ1n) is 21.9. The van der Waals surface area contributed by atoms with E-state index in [1.807, 2.05) is 37.3 Å². The van der Waals surface area contributed by atoms with Gasteiger partial charge in [-0.25, -0.2) is 8.42 Å². The highest BCUT2D eigenvalue weighted by Crippen LogP contribution is 2.69. The largest absolute Gasteiger partial charge is 0.414 e. The monoisotopic (exact) mass is 846 g/mol. The molecule has 58 heavy (non-hydrogen) atoms. The second-order valence-electron chi connectivity index (χ2n) is 21.6. The molecular weight excluding hydrogens is 777 g/mol. The molecule has 1 heterocycles. The SMILES string of the molecule is Cc1ccc(S(=O)(=O)CN2CC(=O)N(Cc3ccccc3)[C@@H]([C@@]3(O[Si](C)(C)C)CC[C@H]4[C@@H]5CC=C6C[C@@H](O[Si](C)(C)C(C)(C)C)CC[C@]6(C)[C@H]5CC[C@@]43C)C2=O)cc1. The van der Waals surface area contributed by atoms with Crippen molar-refractivity contribution in [1.29, 1.82) is 0 Å². The summed E-state index contributed by atoms with van der Waals surface area (Å²) in [5.74, 6) is 0.171. The van der Waals surface area contributed by atoms with Crippen LogP contribution >= 0.6 is 0 Å². The molecule has 1 saturated heterocycles. The Hall–Kier alpha value is -2.58. The van der Waals surface area contributed by atoms with Crippen LogP contribution in [-0.4, -0.2) is 76.8 Å². The normalized spacial score (nSPS) is 33.4. The molecule has 2 aromatic rings. The van der Waals surface area contributed by atoms with Gasteiger partial charge in [0.1, 0.15) is 18.5 Å². The average molecular weight is 847 g/mol. The Kier molecular flexibility index (Phi) is 11.3. The fourth-order valence-corrected chi connectivity index (χ4v) is 16.2. The van der Waals surface area contributed by atoms with Gasteiger partial charge in [0, 0.05) is 18.1 Å². The maximum Gasteiger partial charge on any atom is 0.249 e. The zero-order chi connectivity index (χ0) is 42.3. The summed E-state index contributed by atoms with van der Waals surface area (Å²) >= 11 is 0. The van der Waals surface area contributed by atoms with E-state index in [-0.39, 0.29) is 46.4 Å². The lowest BCUT2D eigenvalue weighted by molar-refractivity contribution is -0.185. The number of sulfone groups is 1. The van der Waals surface area contributed by atoms with Crippen molar-refractivity contribution in [3.63, 3.8) is 0 Å². The summed E-state index contributed by atoms with van der Waals surface area (Å²) < 4.78 is 42.5. The first kappa shape index (κ1) is 43.5. The molecule has 0 unspecified atom stereocenters. The number of aryl methyl sites for hydroxylation is 1. The summed E-state index contributed by atoms with van der Waals surface area (Å²) in [4.78, 5) is 33.3. The van der Waals surface area contributed by atoms with E-state index in [4.69, 9.17) is 8.85 Å². The molecule has 0 aromatic heterocycles. The van der Waals surface area contributed by atoms with E-state index in [0.717, 1.165) is 56.1 Å². The lowest BCUT2D eigenvalue weighted by Gasteiger charge is -2.62. The Morgan fingerprint density at radius 1 is 0.862 bits per heavy atom. The van der Waals surface area contributed by atoms with Gasteiger partial charge < -0.3 is 18.7 Å². The van der Waals surface area contributed by atoms with Crippen LogP contribution in [0.4, 0.5) is 0 Å². The third kappa shape index (κ3) is 7.66. The van der Waals surface area contributed by atoms with E-state index >= 15 is 4.79 Å².